The third-order valence-electron chi connectivity index (χ3n) is 3.63. The monoisotopic (exact) mass is 288 g/mol. The molecule has 0 aliphatic carbocycles. The van der Waals surface area contributed by atoms with Crippen LogP contribution < -0.4 is 4.74 Å². The first-order valence-corrected chi connectivity index (χ1v) is 6.87. The van der Waals surface area contributed by atoms with E-state index in [4.69, 9.17) is 4.74 Å². The SMILES string of the molecule is O=C(Cc1c(F)cccc1F)c1cccc2c1OCCC2. The van der Waals surface area contributed by atoms with E-state index >= 15 is 0 Å². The summed E-state index contributed by atoms with van der Waals surface area (Å²) in [5, 5.41) is 0. The first kappa shape index (κ1) is 13.7. The maximum Gasteiger partial charge on any atom is 0.171 e. The fourth-order valence-electron chi connectivity index (χ4n) is 2.57. The number of Topliss-reactive ketones (excluding diaryl/α,β-unsaturated/α-hetero) is 1. The summed E-state index contributed by atoms with van der Waals surface area (Å²) in [6.07, 6.45) is 1.45. The predicted octanol–water partition coefficient (Wildman–Crippen LogP) is 3.72. The van der Waals surface area contributed by atoms with Crippen molar-refractivity contribution in [1.82, 2.24) is 0 Å². The van der Waals surface area contributed by atoms with Gasteiger partial charge in [0.05, 0.1) is 12.2 Å². The van der Waals surface area contributed by atoms with Crippen LogP contribution >= 0.6 is 0 Å². The third-order valence-corrected chi connectivity index (χ3v) is 3.63. The molecule has 0 radical (unpaired) electrons. The first-order chi connectivity index (χ1) is 10.2. The molecular weight excluding hydrogens is 274 g/mol. The van der Waals surface area contributed by atoms with E-state index in [1.165, 1.54) is 6.07 Å². The Kier molecular flexibility index (Phi) is 3.69. The molecular formula is C17H14F2O2. The Morgan fingerprint density at radius 2 is 1.81 bits per heavy atom. The van der Waals surface area contributed by atoms with Crippen molar-refractivity contribution in [3.63, 3.8) is 0 Å². The molecule has 0 unspecified atom stereocenters. The second-order valence-electron chi connectivity index (χ2n) is 5.05. The molecule has 0 bridgehead atoms. The van der Waals surface area contributed by atoms with Gasteiger partial charge in [-0.15, -0.1) is 0 Å². The lowest BCUT2D eigenvalue weighted by atomic mass is 9.96. The molecule has 2 aromatic rings. The van der Waals surface area contributed by atoms with Gasteiger partial charge in [0.1, 0.15) is 17.4 Å². The van der Waals surface area contributed by atoms with E-state index in [2.05, 4.69) is 0 Å². The van der Waals surface area contributed by atoms with Crippen LogP contribution in [0.25, 0.3) is 0 Å². The summed E-state index contributed by atoms with van der Waals surface area (Å²) >= 11 is 0. The standard InChI is InChI=1S/C17H14F2O2/c18-14-7-2-8-15(19)13(14)10-16(20)12-6-1-4-11-5-3-9-21-17(11)12/h1-2,4,6-8H,3,5,9-10H2. The van der Waals surface area contributed by atoms with E-state index in [1.54, 1.807) is 12.1 Å². The number of ether oxygens (including phenoxy) is 1. The second-order valence-corrected chi connectivity index (χ2v) is 5.05. The summed E-state index contributed by atoms with van der Waals surface area (Å²) in [6, 6.07) is 8.93. The number of benzene rings is 2. The molecule has 108 valence electrons. The average Bonchev–Trinajstić information content (AvgIpc) is 2.50. The van der Waals surface area contributed by atoms with Crippen molar-refractivity contribution in [2.45, 2.75) is 19.3 Å². The molecule has 0 saturated heterocycles. The fraction of sp³-hybridized carbons (Fsp3) is 0.235. The van der Waals surface area contributed by atoms with E-state index in [-0.39, 0.29) is 17.8 Å². The number of fused-ring (bicyclic) bond motifs is 1. The Hall–Kier alpha value is -2.23. The predicted molar refractivity (Wildman–Crippen MR) is 74.7 cm³/mol. The highest BCUT2D eigenvalue weighted by atomic mass is 19.1. The number of aryl methyl sites for hydroxylation is 1. The maximum atomic E-state index is 13.6. The number of carbonyl (C=O) groups is 1. The van der Waals surface area contributed by atoms with Gasteiger partial charge >= 0.3 is 0 Å². The van der Waals surface area contributed by atoms with E-state index < -0.39 is 11.6 Å². The van der Waals surface area contributed by atoms with Crippen LogP contribution in [0.3, 0.4) is 0 Å². The highest BCUT2D eigenvalue weighted by Crippen LogP contribution is 2.30. The second kappa shape index (κ2) is 5.64. The van der Waals surface area contributed by atoms with Crippen molar-refractivity contribution < 1.29 is 18.3 Å². The van der Waals surface area contributed by atoms with Gasteiger partial charge in [0.25, 0.3) is 0 Å². The van der Waals surface area contributed by atoms with Gasteiger partial charge in [-0.2, -0.15) is 0 Å². The van der Waals surface area contributed by atoms with Crippen LogP contribution in [0.1, 0.15) is 27.9 Å². The van der Waals surface area contributed by atoms with Gasteiger partial charge in [-0.25, -0.2) is 8.78 Å². The molecule has 1 aliphatic heterocycles. The number of carbonyl (C=O) groups excluding carboxylic acids is 1. The van der Waals surface area contributed by atoms with Crippen LogP contribution in [0, 0.1) is 11.6 Å². The zero-order valence-corrected chi connectivity index (χ0v) is 11.4. The summed E-state index contributed by atoms with van der Waals surface area (Å²) in [6.45, 7) is 0.561. The van der Waals surface area contributed by atoms with Gasteiger partial charge in [0.15, 0.2) is 5.78 Å². The van der Waals surface area contributed by atoms with Crippen molar-refractivity contribution in [3.05, 3.63) is 64.7 Å². The molecule has 2 nitrogen and oxygen atoms in total. The van der Waals surface area contributed by atoms with Crippen LogP contribution in [-0.2, 0) is 12.8 Å². The number of para-hydroxylation sites is 1. The van der Waals surface area contributed by atoms with Crippen molar-refractivity contribution in [2.75, 3.05) is 6.61 Å². The summed E-state index contributed by atoms with van der Waals surface area (Å²) in [7, 11) is 0. The lowest BCUT2D eigenvalue weighted by Gasteiger charge is -2.19. The van der Waals surface area contributed by atoms with E-state index in [1.807, 2.05) is 6.07 Å². The number of halogens is 2. The Labute approximate surface area is 121 Å². The van der Waals surface area contributed by atoms with E-state index in [9.17, 15) is 13.6 Å². The lowest BCUT2D eigenvalue weighted by molar-refractivity contribution is 0.0985. The molecule has 0 atom stereocenters. The topological polar surface area (TPSA) is 26.3 Å². The largest absolute Gasteiger partial charge is 0.493 e. The normalized spacial score (nSPS) is 13.4. The molecule has 1 aliphatic rings. The fourth-order valence-corrected chi connectivity index (χ4v) is 2.57. The zero-order chi connectivity index (χ0) is 14.8. The summed E-state index contributed by atoms with van der Waals surface area (Å²) in [5.74, 6) is -1.17. The van der Waals surface area contributed by atoms with Crippen LogP contribution in [0.4, 0.5) is 8.78 Å². The van der Waals surface area contributed by atoms with Crippen LogP contribution in [-0.4, -0.2) is 12.4 Å². The average molecular weight is 288 g/mol. The summed E-state index contributed by atoms with van der Waals surface area (Å²) in [4.78, 5) is 12.4. The zero-order valence-electron chi connectivity index (χ0n) is 11.4. The number of hydrogen-bond acceptors (Lipinski definition) is 2. The van der Waals surface area contributed by atoms with Gasteiger partial charge in [-0.05, 0) is 36.6 Å². The summed E-state index contributed by atoms with van der Waals surface area (Å²) in [5.41, 5.74) is 1.17. The Morgan fingerprint density at radius 3 is 2.57 bits per heavy atom. The van der Waals surface area contributed by atoms with Crippen molar-refractivity contribution in [1.29, 1.82) is 0 Å². The first-order valence-electron chi connectivity index (χ1n) is 6.87. The lowest BCUT2D eigenvalue weighted by Crippen LogP contribution is -2.14. The van der Waals surface area contributed by atoms with Gasteiger partial charge in [0.2, 0.25) is 0 Å². The highest BCUT2D eigenvalue weighted by Gasteiger charge is 2.21. The number of ketones is 1. The minimum atomic E-state index is -0.700. The quantitative estimate of drug-likeness (QED) is 0.805. The molecule has 0 saturated carbocycles. The minimum absolute atomic E-state index is 0.198. The Bertz CT molecular complexity index is 675. The molecule has 0 spiro atoms. The van der Waals surface area contributed by atoms with Crippen molar-refractivity contribution in [2.24, 2.45) is 0 Å². The van der Waals surface area contributed by atoms with Gasteiger partial charge in [-0.1, -0.05) is 18.2 Å². The van der Waals surface area contributed by atoms with Crippen molar-refractivity contribution >= 4 is 5.78 Å². The highest BCUT2D eigenvalue weighted by molar-refractivity contribution is 6.00. The summed E-state index contributed by atoms with van der Waals surface area (Å²) < 4.78 is 32.8. The van der Waals surface area contributed by atoms with Gasteiger partial charge in [0, 0.05) is 12.0 Å². The Balaban J connectivity index is 1.93. The maximum absolute atomic E-state index is 13.6. The van der Waals surface area contributed by atoms with Crippen LogP contribution in [0.5, 0.6) is 5.75 Å². The molecule has 21 heavy (non-hydrogen) atoms. The number of rotatable bonds is 3. The molecule has 0 aromatic heterocycles. The van der Waals surface area contributed by atoms with Crippen LogP contribution in [0.2, 0.25) is 0 Å². The smallest absolute Gasteiger partial charge is 0.171 e. The number of hydrogen-bond donors (Lipinski definition) is 0. The molecule has 1 heterocycles. The van der Waals surface area contributed by atoms with E-state index in [0.29, 0.717) is 17.9 Å². The molecule has 0 N–H and O–H groups in total. The van der Waals surface area contributed by atoms with E-state index in [0.717, 1.165) is 30.5 Å². The van der Waals surface area contributed by atoms with Crippen molar-refractivity contribution in [3.8, 4) is 5.75 Å². The molecule has 0 fully saturated rings. The molecule has 0 amide bonds. The third kappa shape index (κ3) is 2.66. The van der Waals surface area contributed by atoms with Gasteiger partial charge in [-0.3, -0.25) is 4.79 Å². The minimum Gasteiger partial charge on any atom is -0.493 e. The van der Waals surface area contributed by atoms with Crippen LogP contribution in [0.15, 0.2) is 36.4 Å². The molecule has 2 aromatic carbocycles. The molecule has 3 rings (SSSR count). The van der Waals surface area contributed by atoms with Gasteiger partial charge < -0.3 is 4.74 Å². The Morgan fingerprint density at radius 1 is 1.10 bits per heavy atom. The molecule has 4 heteroatoms.